The van der Waals surface area contributed by atoms with Crippen molar-refractivity contribution in [2.75, 3.05) is 12.4 Å². The molecule has 0 saturated carbocycles. The van der Waals surface area contributed by atoms with Crippen molar-refractivity contribution in [3.63, 3.8) is 0 Å². The molecule has 1 aromatic carbocycles. The Morgan fingerprint density at radius 3 is 2.75 bits per heavy atom. The van der Waals surface area contributed by atoms with Gasteiger partial charge in [0, 0.05) is 18.3 Å². The highest BCUT2D eigenvalue weighted by molar-refractivity contribution is 6.22. The zero-order chi connectivity index (χ0) is 14.4. The van der Waals surface area contributed by atoms with Crippen molar-refractivity contribution >= 4 is 17.4 Å². The summed E-state index contributed by atoms with van der Waals surface area (Å²) in [5.41, 5.74) is 2.07. The fourth-order valence-electron chi connectivity index (χ4n) is 1.84. The van der Waals surface area contributed by atoms with Crippen molar-refractivity contribution in [1.82, 2.24) is 4.98 Å². The van der Waals surface area contributed by atoms with E-state index >= 15 is 0 Å². The number of pyridine rings is 1. The number of allylic oxidation sites excluding steroid dienone is 1. The van der Waals surface area contributed by atoms with Crippen LogP contribution < -0.4 is 10.1 Å². The normalized spacial score (nSPS) is 11.7. The fourth-order valence-corrected chi connectivity index (χ4v) is 2.02. The second-order valence-corrected chi connectivity index (χ2v) is 4.75. The fraction of sp³-hybridized carbons (Fsp3) is 0.188. The van der Waals surface area contributed by atoms with Crippen LogP contribution in [0.15, 0.2) is 55.3 Å². The van der Waals surface area contributed by atoms with Crippen molar-refractivity contribution in [1.29, 1.82) is 0 Å². The highest BCUT2D eigenvalue weighted by Gasteiger charge is 2.09. The number of halogens is 1. The van der Waals surface area contributed by atoms with Gasteiger partial charge >= 0.3 is 0 Å². The molecule has 0 aliphatic rings. The lowest BCUT2D eigenvalue weighted by Crippen LogP contribution is -2.05. The molecule has 4 heteroatoms. The Hall–Kier alpha value is -2.00. The molecule has 0 amide bonds. The van der Waals surface area contributed by atoms with Gasteiger partial charge in [-0.15, -0.1) is 18.2 Å². The van der Waals surface area contributed by atoms with Gasteiger partial charge in [0.2, 0.25) is 0 Å². The molecule has 0 radical (unpaired) electrons. The van der Waals surface area contributed by atoms with Crippen LogP contribution in [0.5, 0.6) is 5.75 Å². The number of alkyl halides is 1. The molecule has 0 spiro atoms. The van der Waals surface area contributed by atoms with Crippen molar-refractivity contribution < 1.29 is 4.74 Å². The van der Waals surface area contributed by atoms with E-state index in [0.717, 1.165) is 22.7 Å². The Balaban J connectivity index is 2.08. The minimum absolute atomic E-state index is 0.248. The molecule has 1 atom stereocenters. The molecule has 2 aromatic rings. The van der Waals surface area contributed by atoms with Crippen LogP contribution in [-0.4, -0.2) is 12.1 Å². The number of rotatable bonds is 6. The zero-order valence-electron chi connectivity index (χ0n) is 11.3. The first-order valence-electron chi connectivity index (χ1n) is 6.33. The van der Waals surface area contributed by atoms with E-state index in [4.69, 9.17) is 16.3 Å². The number of benzene rings is 1. The third kappa shape index (κ3) is 3.52. The summed E-state index contributed by atoms with van der Waals surface area (Å²) in [7, 11) is 1.66. The first-order valence-corrected chi connectivity index (χ1v) is 6.76. The van der Waals surface area contributed by atoms with E-state index in [1.54, 1.807) is 19.4 Å². The van der Waals surface area contributed by atoms with Gasteiger partial charge in [-0.05, 0) is 23.8 Å². The molecule has 0 bridgehead atoms. The molecule has 3 nitrogen and oxygen atoms in total. The first kappa shape index (κ1) is 14.4. The Kier molecular flexibility index (Phi) is 5.02. The van der Waals surface area contributed by atoms with Gasteiger partial charge in [-0.25, -0.2) is 4.98 Å². The summed E-state index contributed by atoms with van der Waals surface area (Å²) in [6, 6.07) is 11.7. The van der Waals surface area contributed by atoms with Gasteiger partial charge in [0.05, 0.1) is 12.5 Å². The maximum absolute atomic E-state index is 6.20. The third-order valence-corrected chi connectivity index (χ3v) is 3.38. The molecule has 1 N–H and O–H groups in total. The number of ether oxygens (including phenoxy) is 1. The van der Waals surface area contributed by atoms with E-state index in [0.29, 0.717) is 6.54 Å². The number of anilines is 1. The highest BCUT2D eigenvalue weighted by atomic mass is 35.5. The van der Waals surface area contributed by atoms with Gasteiger partial charge in [-0.3, -0.25) is 0 Å². The SMILES string of the molecule is C=CC(Cl)c1cccnc1NCc1ccc(OC)cc1. The van der Waals surface area contributed by atoms with Crippen molar-refractivity contribution in [2.24, 2.45) is 0 Å². The highest BCUT2D eigenvalue weighted by Crippen LogP contribution is 2.27. The molecule has 1 unspecified atom stereocenters. The molecule has 0 saturated heterocycles. The molecular formula is C16H17ClN2O. The smallest absolute Gasteiger partial charge is 0.131 e. The van der Waals surface area contributed by atoms with E-state index in [9.17, 15) is 0 Å². The van der Waals surface area contributed by atoms with Gasteiger partial charge in [0.25, 0.3) is 0 Å². The largest absolute Gasteiger partial charge is 0.497 e. The van der Waals surface area contributed by atoms with Gasteiger partial charge < -0.3 is 10.1 Å². The Bertz CT molecular complexity index is 569. The van der Waals surface area contributed by atoms with Gasteiger partial charge in [0.15, 0.2) is 0 Å². The van der Waals surface area contributed by atoms with Crippen LogP contribution in [0.3, 0.4) is 0 Å². The summed E-state index contributed by atoms with van der Waals surface area (Å²) < 4.78 is 5.14. The molecule has 0 aliphatic heterocycles. The minimum Gasteiger partial charge on any atom is -0.497 e. The monoisotopic (exact) mass is 288 g/mol. The standard InChI is InChI=1S/C16H17ClN2O/c1-3-15(17)14-5-4-10-18-16(14)19-11-12-6-8-13(20-2)9-7-12/h3-10,15H,1,11H2,2H3,(H,18,19). The predicted molar refractivity (Wildman–Crippen MR) is 83.3 cm³/mol. The number of methoxy groups -OCH3 is 1. The zero-order valence-corrected chi connectivity index (χ0v) is 12.1. The number of hydrogen-bond donors (Lipinski definition) is 1. The number of hydrogen-bond acceptors (Lipinski definition) is 3. The van der Waals surface area contributed by atoms with Crippen LogP contribution in [0.25, 0.3) is 0 Å². The Morgan fingerprint density at radius 2 is 2.10 bits per heavy atom. The second kappa shape index (κ2) is 6.96. The average molecular weight is 289 g/mol. The van der Waals surface area contributed by atoms with Crippen molar-refractivity contribution in [3.8, 4) is 5.75 Å². The Labute approximate surface area is 124 Å². The quantitative estimate of drug-likeness (QED) is 0.640. The van der Waals surface area contributed by atoms with Crippen LogP contribution in [-0.2, 0) is 6.54 Å². The molecule has 20 heavy (non-hydrogen) atoms. The minimum atomic E-state index is -0.248. The van der Waals surface area contributed by atoms with E-state index in [1.165, 1.54) is 0 Å². The van der Waals surface area contributed by atoms with Gasteiger partial charge in [0.1, 0.15) is 11.6 Å². The van der Waals surface area contributed by atoms with Crippen LogP contribution in [0.1, 0.15) is 16.5 Å². The summed E-state index contributed by atoms with van der Waals surface area (Å²) in [4.78, 5) is 4.33. The second-order valence-electron chi connectivity index (χ2n) is 4.28. The van der Waals surface area contributed by atoms with Gasteiger partial charge in [-0.2, -0.15) is 0 Å². The Morgan fingerprint density at radius 1 is 1.35 bits per heavy atom. The van der Waals surface area contributed by atoms with E-state index in [2.05, 4.69) is 16.9 Å². The molecular weight excluding hydrogens is 272 g/mol. The summed E-state index contributed by atoms with van der Waals surface area (Å²) in [5.74, 6) is 1.63. The lowest BCUT2D eigenvalue weighted by molar-refractivity contribution is 0.414. The summed E-state index contributed by atoms with van der Waals surface area (Å²) >= 11 is 6.20. The summed E-state index contributed by atoms with van der Waals surface area (Å²) in [6.45, 7) is 4.39. The van der Waals surface area contributed by atoms with Crippen LogP contribution in [0, 0.1) is 0 Å². The molecule has 0 fully saturated rings. The van der Waals surface area contributed by atoms with E-state index in [-0.39, 0.29) is 5.38 Å². The lowest BCUT2D eigenvalue weighted by Gasteiger charge is -2.12. The topological polar surface area (TPSA) is 34.2 Å². The first-order chi connectivity index (χ1) is 9.74. The summed E-state index contributed by atoms with van der Waals surface area (Å²) in [6.07, 6.45) is 3.43. The number of nitrogens with zero attached hydrogens (tertiary/aromatic N) is 1. The van der Waals surface area contributed by atoms with Crippen molar-refractivity contribution in [2.45, 2.75) is 11.9 Å². The third-order valence-electron chi connectivity index (χ3n) is 2.96. The molecule has 1 heterocycles. The van der Waals surface area contributed by atoms with E-state index in [1.807, 2.05) is 36.4 Å². The van der Waals surface area contributed by atoms with Crippen molar-refractivity contribution in [3.05, 3.63) is 66.4 Å². The van der Waals surface area contributed by atoms with Crippen LogP contribution in [0.2, 0.25) is 0 Å². The molecule has 0 aliphatic carbocycles. The summed E-state index contributed by atoms with van der Waals surface area (Å²) in [5, 5.41) is 3.05. The number of aromatic nitrogens is 1. The van der Waals surface area contributed by atoms with Crippen LogP contribution >= 0.6 is 11.6 Å². The van der Waals surface area contributed by atoms with Crippen LogP contribution in [0.4, 0.5) is 5.82 Å². The lowest BCUT2D eigenvalue weighted by atomic mass is 10.1. The predicted octanol–water partition coefficient (Wildman–Crippen LogP) is 4.17. The van der Waals surface area contributed by atoms with E-state index < -0.39 is 0 Å². The molecule has 1 aromatic heterocycles. The van der Waals surface area contributed by atoms with Gasteiger partial charge in [-0.1, -0.05) is 24.3 Å². The molecule has 2 rings (SSSR count). The average Bonchev–Trinajstić information content (AvgIpc) is 2.53. The maximum atomic E-state index is 6.20. The number of nitrogens with one attached hydrogen (secondary N) is 1. The maximum Gasteiger partial charge on any atom is 0.131 e. The molecule has 104 valence electrons.